The molecule has 2 aromatic rings. The smallest absolute Gasteiger partial charge is 0.138 e. The van der Waals surface area contributed by atoms with Crippen molar-refractivity contribution in [2.24, 2.45) is 0 Å². The van der Waals surface area contributed by atoms with Crippen LogP contribution in [-0.4, -0.2) is 11.8 Å². The zero-order valence-corrected chi connectivity index (χ0v) is 13.8. The molecule has 0 amide bonds. The summed E-state index contributed by atoms with van der Waals surface area (Å²) in [6, 6.07) is 7.92. The molecule has 0 aliphatic rings. The van der Waals surface area contributed by atoms with E-state index >= 15 is 0 Å². The summed E-state index contributed by atoms with van der Waals surface area (Å²) in [5.74, 6) is 1.31. The van der Waals surface area contributed by atoms with Gasteiger partial charge in [-0.05, 0) is 57.4 Å². The molecule has 2 rings (SSSR count). The Hall–Kier alpha value is -1.99. The average molecular weight is 319 g/mol. The van der Waals surface area contributed by atoms with E-state index < -0.39 is 0 Å². The lowest BCUT2D eigenvalue weighted by atomic mass is 9.94. The predicted molar refractivity (Wildman–Crippen MR) is 85.2 cm³/mol. The Kier molecular flexibility index (Phi) is 5.46. The maximum atomic E-state index is 9.36. The molecule has 5 heteroatoms. The van der Waals surface area contributed by atoms with Crippen LogP contribution >= 0.6 is 11.6 Å². The van der Waals surface area contributed by atoms with Crippen LogP contribution in [0.5, 0.6) is 5.75 Å². The second-order valence-electron chi connectivity index (χ2n) is 5.32. The van der Waals surface area contributed by atoms with Gasteiger partial charge in [0.05, 0.1) is 24.3 Å². The first kappa shape index (κ1) is 16.4. The number of aryl methyl sites for hydroxylation is 3. The fourth-order valence-corrected chi connectivity index (χ4v) is 2.56. The zero-order chi connectivity index (χ0) is 16.1. The third-order valence-corrected chi connectivity index (χ3v) is 4.05. The first-order chi connectivity index (χ1) is 10.5. The Bertz CT molecular complexity index is 669. The number of halogens is 1. The number of hydrogen-bond donors (Lipinski definition) is 0. The number of rotatable bonds is 6. The summed E-state index contributed by atoms with van der Waals surface area (Å²) in [6.45, 7) is 6.21. The van der Waals surface area contributed by atoms with Gasteiger partial charge in [0, 0.05) is 10.6 Å². The van der Waals surface area contributed by atoms with E-state index in [2.05, 4.69) is 11.2 Å². The number of aromatic nitrogens is 1. The van der Waals surface area contributed by atoms with Gasteiger partial charge < -0.3 is 9.26 Å². The van der Waals surface area contributed by atoms with Crippen LogP contribution in [0.1, 0.15) is 41.3 Å². The molecule has 116 valence electrons. The Morgan fingerprint density at radius 1 is 1.36 bits per heavy atom. The van der Waals surface area contributed by atoms with E-state index in [-0.39, 0.29) is 5.92 Å². The molecule has 4 nitrogen and oxygen atoms in total. The number of ether oxygens (including phenoxy) is 1. The lowest BCUT2D eigenvalue weighted by Crippen LogP contribution is -2.03. The maximum Gasteiger partial charge on any atom is 0.138 e. The molecule has 0 aliphatic heterocycles. The highest BCUT2D eigenvalue weighted by Crippen LogP contribution is 2.27. The summed E-state index contributed by atoms with van der Waals surface area (Å²) >= 11 is 5.98. The minimum Gasteiger partial charge on any atom is -0.494 e. The second kappa shape index (κ2) is 7.33. The van der Waals surface area contributed by atoms with Crippen molar-refractivity contribution in [2.75, 3.05) is 6.61 Å². The van der Waals surface area contributed by atoms with E-state index in [0.717, 1.165) is 39.8 Å². The maximum absolute atomic E-state index is 9.36. The van der Waals surface area contributed by atoms with Gasteiger partial charge in [0.2, 0.25) is 0 Å². The Balaban J connectivity index is 1.87. The SMILES string of the molecule is Cc1cc(OCCCC(C#N)c2c(C)noc2C)ccc1Cl. The second-order valence-corrected chi connectivity index (χ2v) is 5.73. The van der Waals surface area contributed by atoms with Crippen LogP contribution < -0.4 is 4.74 Å². The third-order valence-electron chi connectivity index (χ3n) is 3.63. The molecule has 1 atom stereocenters. The number of hydrogen-bond acceptors (Lipinski definition) is 4. The van der Waals surface area contributed by atoms with Gasteiger partial charge in [0.15, 0.2) is 0 Å². The largest absolute Gasteiger partial charge is 0.494 e. The first-order valence-electron chi connectivity index (χ1n) is 7.24. The van der Waals surface area contributed by atoms with E-state index in [1.54, 1.807) is 0 Å². The summed E-state index contributed by atoms with van der Waals surface area (Å²) in [5, 5.41) is 14.0. The normalized spacial score (nSPS) is 12.0. The van der Waals surface area contributed by atoms with Gasteiger partial charge in [-0.2, -0.15) is 5.26 Å². The van der Waals surface area contributed by atoms with Gasteiger partial charge in [-0.15, -0.1) is 0 Å². The summed E-state index contributed by atoms with van der Waals surface area (Å²) < 4.78 is 10.8. The lowest BCUT2D eigenvalue weighted by Gasteiger charge is -2.10. The topological polar surface area (TPSA) is 59.0 Å². The number of nitrogens with zero attached hydrogens (tertiary/aromatic N) is 2. The highest BCUT2D eigenvalue weighted by Gasteiger charge is 2.19. The third kappa shape index (κ3) is 3.80. The monoisotopic (exact) mass is 318 g/mol. The standard InChI is InChI=1S/C17H19ClN2O2/c1-11-9-15(6-7-16(11)18)21-8-4-5-14(10-19)17-12(2)20-22-13(17)3/h6-7,9,14H,4-5,8H2,1-3H3. The Labute approximate surface area is 135 Å². The van der Waals surface area contributed by atoms with E-state index in [9.17, 15) is 5.26 Å². The minimum atomic E-state index is -0.207. The van der Waals surface area contributed by atoms with Crippen molar-refractivity contribution in [3.63, 3.8) is 0 Å². The summed E-state index contributed by atoms with van der Waals surface area (Å²) in [5.41, 5.74) is 2.69. The molecular formula is C17H19ClN2O2. The van der Waals surface area contributed by atoms with Crippen molar-refractivity contribution in [1.29, 1.82) is 5.26 Å². The quantitative estimate of drug-likeness (QED) is 0.723. The molecule has 0 radical (unpaired) electrons. The van der Waals surface area contributed by atoms with Crippen LogP contribution in [0.3, 0.4) is 0 Å². The Morgan fingerprint density at radius 2 is 2.14 bits per heavy atom. The summed E-state index contributed by atoms with van der Waals surface area (Å²) in [7, 11) is 0. The van der Waals surface area contributed by atoms with Crippen LogP contribution in [0.15, 0.2) is 22.7 Å². The van der Waals surface area contributed by atoms with Crippen LogP contribution in [0, 0.1) is 32.1 Å². The number of benzene rings is 1. The molecule has 1 heterocycles. The molecule has 0 saturated carbocycles. The van der Waals surface area contributed by atoms with E-state index in [0.29, 0.717) is 13.0 Å². The van der Waals surface area contributed by atoms with Crippen molar-refractivity contribution in [3.8, 4) is 11.8 Å². The van der Waals surface area contributed by atoms with Crippen LogP contribution in [-0.2, 0) is 0 Å². The molecule has 0 fully saturated rings. The van der Waals surface area contributed by atoms with E-state index in [1.807, 2.05) is 39.0 Å². The van der Waals surface area contributed by atoms with Gasteiger partial charge in [-0.25, -0.2) is 0 Å². The lowest BCUT2D eigenvalue weighted by molar-refractivity contribution is 0.304. The molecule has 0 saturated heterocycles. The molecule has 1 aromatic heterocycles. The molecule has 0 bridgehead atoms. The molecular weight excluding hydrogens is 300 g/mol. The van der Waals surface area contributed by atoms with Gasteiger partial charge in [0.1, 0.15) is 11.5 Å². The predicted octanol–water partition coefficient (Wildman–Crippen LogP) is 4.72. The van der Waals surface area contributed by atoms with E-state index in [1.165, 1.54) is 0 Å². The van der Waals surface area contributed by atoms with Crippen LogP contribution in [0.25, 0.3) is 0 Å². The van der Waals surface area contributed by atoms with Crippen molar-refractivity contribution in [2.45, 2.75) is 39.5 Å². The first-order valence-corrected chi connectivity index (χ1v) is 7.62. The van der Waals surface area contributed by atoms with Crippen molar-refractivity contribution >= 4 is 11.6 Å². The number of nitriles is 1. The van der Waals surface area contributed by atoms with Crippen LogP contribution in [0.2, 0.25) is 5.02 Å². The van der Waals surface area contributed by atoms with Crippen molar-refractivity contribution in [1.82, 2.24) is 5.16 Å². The fourth-order valence-electron chi connectivity index (χ4n) is 2.45. The van der Waals surface area contributed by atoms with Gasteiger partial charge in [-0.1, -0.05) is 16.8 Å². The van der Waals surface area contributed by atoms with Crippen molar-refractivity contribution in [3.05, 3.63) is 45.8 Å². The molecule has 0 aliphatic carbocycles. The average Bonchev–Trinajstić information content (AvgIpc) is 2.83. The van der Waals surface area contributed by atoms with Gasteiger partial charge in [-0.3, -0.25) is 0 Å². The summed E-state index contributed by atoms with van der Waals surface area (Å²) in [4.78, 5) is 0. The van der Waals surface area contributed by atoms with E-state index in [4.69, 9.17) is 20.9 Å². The summed E-state index contributed by atoms with van der Waals surface area (Å²) in [6.07, 6.45) is 1.50. The van der Waals surface area contributed by atoms with Gasteiger partial charge in [0.25, 0.3) is 0 Å². The molecule has 0 spiro atoms. The minimum absolute atomic E-state index is 0.207. The highest BCUT2D eigenvalue weighted by atomic mass is 35.5. The molecule has 1 aromatic carbocycles. The van der Waals surface area contributed by atoms with Crippen molar-refractivity contribution < 1.29 is 9.26 Å². The molecule has 0 N–H and O–H groups in total. The zero-order valence-electron chi connectivity index (χ0n) is 13.0. The van der Waals surface area contributed by atoms with Crippen LogP contribution in [0.4, 0.5) is 0 Å². The Morgan fingerprint density at radius 3 is 2.73 bits per heavy atom. The highest BCUT2D eigenvalue weighted by molar-refractivity contribution is 6.31. The molecule has 1 unspecified atom stereocenters. The molecule has 22 heavy (non-hydrogen) atoms. The van der Waals surface area contributed by atoms with Gasteiger partial charge >= 0.3 is 0 Å². The fraction of sp³-hybridized carbons (Fsp3) is 0.412.